The van der Waals surface area contributed by atoms with Gasteiger partial charge in [0.25, 0.3) is 0 Å². The van der Waals surface area contributed by atoms with E-state index in [2.05, 4.69) is 42.7 Å². The normalized spacial score (nSPS) is 22.9. The van der Waals surface area contributed by atoms with Gasteiger partial charge in [0.15, 0.2) is 0 Å². The average molecular weight is 271 g/mol. The molecule has 0 amide bonds. The molecule has 0 N–H and O–H groups in total. The van der Waals surface area contributed by atoms with Crippen LogP contribution in [-0.4, -0.2) is 23.8 Å². The molecule has 1 aromatic rings. The maximum atomic E-state index is 12.5. The Morgan fingerprint density at radius 3 is 2.80 bits per heavy atom. The van der Waals surface area contributed by atoms with Gasteiger partial charge in [-0.2, -0.15) is 0 Å². The summed E-state index contributed by atoms with van der Waals surface area (Å²) < 4.78 is 0. The number of piperidine rings is 1. The molecule has 1 aromatic carbocycles. The van der Waals surface area contributed by atoms with Crippen molar-refractivity contribution in [2.45, 2.75) is 39.5 Å². The lowest BCUT2D eigenvalue weighted by Gasteiger charge is -2.37. The van der Waals surface area contributed by atoms with E-state index in [-0.39, 0.29) is 11.8 Å². The smallest absolute Gasteiger partial charge is 0.146 e. The van der Waals surface area contributed by atoms with Crippen molar-refractivity contribution in [1.82, 2.24) is 4.90 Å². The largest absolute Gasteiger partial charge is 0.374 e. The van der Waals surface area contributed by atoms with Crippen LogP contribution in [0.2, 0.25) is 0 Å². The molecule has 2 rings (SSSR count). The highest BCUT2D eigenvalue weighted by atomic mass is 16.1. The van der Waals surface area contributed by atoms with Gasteiger partial charge in [-0.1, -0.05) is 51.1 Å². The maximum Gasteiger partial charge on any atom is 0.146 e. The second-order valence-corrected chi connectivity index (χ2v) is 5.99. The zero-order chi connectivity index (χ0) is 14.7. The van der Waals surface area contributed by atoms with Gasteiger partial charge in [-0.3, -0.25) is 4.79 Å². The van der Waals surface area contributed by atoms with E-state index >= 15 is 0 Å². The predicted octanol–water partition coefficient (Wildman–Crippen LogP) is 3.78. The topological polar surface area (TPSA) is 20.3 Å². The Morgan fingerprint density at radius 2 is 2.15 bits per heavy atom. The van der Waals surface area contributed by atoms with Crippen molar-refractivity contribution in [3.8, 4) is 0 Å². The van der Waals surface area contributed by atoms with Crippen LogP contribution in [0.15, 0.2) is 36.5 Å². The number of allylic oxidation sites excluding steroid dienone is 1. The first kappa shape index (κ1) is 14.8. The van der Waals surface area contributed by atoms with Crippen molar-refractivity contribution < 1.29 is 4.79 Å². The molecule has 1 aliphatic heterocycles. The van der Waals surface area contributed by atoms with Gasteiger partial charge in [0.2, 0.25) is 0 Å². The zero-order valence-electron chi connectivity index (χ0n) is 12.9. The summed E-state index contributed by atoms with van der Waals surface area (Å²) in [6.45, 7) is 11.8. The fourth-order valence-corrected chi connectivity index (χ4v) is 2.98. The number of ketones is 1. The molecule has 108 valence electrons. The number of carbonyl (C=O) groups excluding carboxylic acids is 1. The first-order valence-electron chi connectivity index (χ1n) is 7.56. The molecule has 1 fully saturated rings. The Balaban J connectivity index is 2.26. The number of hydrogen-bond donors (Lipinski definition) is 0. The molecule has 0 spiro atoms. The number of nitrogens with zero attached hydrogens (tertiary/aromatic N) is 1. The summed E-state index contributed by atoms with van der Waals surface area (Å²) >= 11 is 0. The number of Topliss-reactive ketones (excluding diaryl/α,β-unsaturated/α-hetero) is 1. The fourth-order valence-electron chi connectivity index (χ4n) is 2.98. The van der Waals surface area contributed by atoms with Crippen LogP contribution in [0.1, 0.15) is 44.2 Å². The van der Waals surface area contributed by atoms with Crippen LogP contribution in [0, 0.1) is 5.92 Å². The fraction of sp³-hybridized carbons (Fsp3) is 0.500. The Labute approximate surface area is 122 Å². The lowest BCUT2D eigenvalue weighted by atomic mass is 9.83. The molecule has 2 atom stereocenters. The molecule has 1 aliphatic rings. The van der Waals surface area contributed by atoms with Crippen molar-refractivity contribution in [3.63, 3.8) is 0 Å². The third-order valence-corrected chi connectivity index (χ3v) is 4.16. The van der Waals surface area contributed by atoms with Gasteiger partial charge in [-0.05, 0) is 24.5 Å². The van der Waals surface area contributed by atoms with Crippen molar-refractivity contribution in [3.05, 3.63) is 47.7 Å². The molecule has 1 saturated heterocycles. The van der Waals surface area contributed by atoms with Crippen LogP contribution in [0.25, 0.3) is 0 Å². The number of aryl methyl sites for hydroxylation is 1. The molecule has 0 aromatic heterocycles. The lowest BCUT2D eigenvalue weighted by molar-refractivity contribution is -0.127. The summed E-state index contributed by atoms with van der Waals surface area (Å²) in [6, 6.07) is 8.54. The zero-order valence-corrected chi connectivity index (χ0v) is 12.9. The molecule has 2 unspecified atom stereocenters. The molecule has 2 heteroatoms. The highest BCUT2D eigenvalue weighted by molar-refractivity contribution is 5.89. The van der Waals surface area contributed by atoms with Gasteiger partial charge in [0.05, 0.1) is 5.92 Å². The summed E-state index contributed by atoms with van der Waals surface area (Å²) in [7, 11) is 0. The Morgan fingerprint density at radius 1 is 1.40 bits per heavy atom. The van der Waals surface area contributed by atoms with Gasteiger partial charge in [0, 0.05) is 24.7 Å². The van der Waals surface area contributed by atoms with Gasteiger partial charge < -0.3 is 4.90 Å². The number of rotatable bonds is 4. The molecule has 1 heterocycles. The minimum absolute atomic E-state index is 0.00717. The third-order valence-electron chi connectivity index (χ3n) is 4.16. The summed E-state index contributed by atoms with van der Waals surface area (Å²) in [6.07, 6.45) is 2.21. The predicted molar refractivity (Wildman–Crippen MR) is 83.7 cm³/mol. The van der Waals surface area contributed by atoms with Crippen LogP contribution >= 0.6 is 0 Å². The Bertz CT molecular complexity index is 506. The molecule has 0 bridgehead atoms. The van der Waals surface area contributed by atoms with Crippen LogP contribution in [0.4, 0.5) is 0 Å². The summed E-state index contributed by atoms with van der Waals surface area (Å²) in [5.74, 6) is 0.448. The molecule has 0 saturated carbocycles. The molecule has 0 radical (unpaired) electrons. The van der Waals surface area contributed by atoms with E-state index in [4.69, 9.17) is 0 Å². The Hall–Kier alpha value is -1.57. The van der Waals surface area contributed by atoms with Crippen molar-refractivity contribution in [1.29, 1.82) is 0 Å². The van der Waals surface area contributed by atoms with Crippen LogP contribution < -0.4 is 0 Å². The van der Waals surface area contributed by atoms with Gasteiger partial charge >= 0.3 is 0 Å². The first-order chi connectivity index (χ1) is 9.52. The summed E-state index contributed by atoms with van der Waals surface area (Å²) in [5, 5.41) is 0. The second-order valence-electron chi connectivity index (χ2n) is 5.99. The highest BCUT2D eigenvalue weighted by Gasteiger charge is 2.33. The van der Waals surface area contributed by atoms with Gasteiger partial charge in [-0.25, -0.2) is 0 Å². The van der Waals surface area contributed by atoms with Gasteiger partial charge in [0.1, 0.15) is 5.78 Å². The first-order valence-corrected chi connectivity index (χ1v) is 7.56. The maximum absolute atomic E-state index is 12.5. The van der Waals surface area contributed by atoms with Gasteiger partial charge in [-0.15, -0.1) is 0 Å². The number of benzene rings is 1. The van der Waals surface area contributed by atoms with Crippen LogP contribution in [0.5, 0.6) is 0 Å². The standard InChI is InChI=1S/C18H25NO/c1-5-7-15-8-6-9-16(10-15)17-12-19(13(2)3)11-14(4)18(17)20/h6,8-10,14,17H,2,5,7,11-12H2,1,3-4H3. The molecular weight excluding hydrogens is 246 g/mol. The third kappa shape index (κ3) is 3.12. The monoisotopic (exact) mass is 271 g/mol. The summed E-state index contributed by atoms with van der Waals surface area (Å²) in [5.41, 5.74) is 3.55. The Kier molecular flexibility index (Phi) is 4.64. The number of likely N-dealkylation sites (tertiary alicyclic amines) is 1. The van der Waals surface area contributed by atoms with E-state index < -0.39 is 0 Å². The van der Waals surface area contributed by atoms with E-state index in [0.717, 1.165) is 31.6 Å². The molecule has 20 heavy (non-hydrogen) atoms. The van der Waals surface area contributed by atoms with E-state index in [1.54, 1.807) is 0 Å². The van der Waals surface area contributed by atoms with Crippen molar-refractivity contribution in [2.75, 3.05) is 13.1 Å². The lowest BCUT2D eigenvalue weighted by Crippen LogP contribution is -2.43. The van der Waals surface area contributed by atoms with Crippen molar-refractivity contribution in [2.24, 2.45) is 5.92 Å². The van der Waals surface area contributed by atoms with E-state index in [1.165, 1.54) is 11.1 Å². The minimum Gasteiger partial charge on any atom is -0.374 e. The summed E-state index contributed by atoms with van der Waals surface area (Å²) in [4.78, 5) is 14.7. The van der Waals surface area contributed by atoms with E-state index in [1.807, 2.05) is 13.8 Å². The minimum atomic E-state index is -0.00717. The van der Waals surface area contributed by atoms with Crippen LogP contribution in [-0.2, 0) is 11.2 Å². The van der Waals surface area contributed by atoms with Crippen molar-refractivity contribution >= 4 is 5.78 Å². The van der Waals surface area contributed by atoms with E-state index in [0.29, 0.717) is 5.78 Å². The average Bonchev–Trinajstić information content (AvgIpc) is 2.42. The second kappa shape index (κ2) is 6.25. The number of hydrogen-bond acceptors (Lipinski definition) is 2. The quantitative estimate of drug-likeness (QED) is 0.830. The molecule has 2 nitrogen and oxygen atoms in total. The highest BCUT2D eigenvalue weighted by Crippen LogP contribution is 2.29. The number of carbonyl (C=O) groups is 1. The van der Waals surface area contributed by atoms with Crippen LogP contribution in [0.3, 0.4) is 0 Å². The van der Waals surface area contributed by atoms with E-state index in [9.17, 15) is 4.79 Å². The SMILES string of the molecule is C=C(C)N1CC(C)C(=O)C(c2cccc(CCC)c2)C1. The molecular formula is C18H25NO. The molecule has 0 aliphatic carbocycles.